The Labute approximate surface area is 364 Å². The van der Waals surface area contributed by atoms with E-state index in [0.29, 0.717) is 41.4 Å². The SMILES string of the molecule is COc1cc(N2CCC(CN3CCC(n4cc5cc(NC(=O)c6cnc7cc(C)[nH]n7c6=O)c(N6CCCCC6)cc5n4)CC3)CC2)ccc1C(=O)N[C@H]1CCC(=C=O)NC1=C=O. The highest BCUT2D eigenvalue weighted by Crippen LogP contribution is 2.35. The number of hydrogen-bond donors (Lipinski definition) is 4. The molecule has 0 spiro atoms. The van der Waals surface area contributed by atoms with Crippen molar-refractivity contribution in [3.8, 4) is 5.75 Å². The van der Waals surface area contributed by atoms with Crippen LogP contribution in [0.5, 0.6) is 5.75 Å². The van der Waals surface area contributed by atoms with Crippen molar-refractivity contribution in [3.05, 3.63) is 87.4 Å². The summed E-state index contributed by atoms with van der Waals surface area (Å²) in [6, 6.07) is 11.1. The molecule has 9 rings (SSSR count). The Morgan fingerprint density at radius 1 is 0.889 bits per heavy atom. The molecule has 4 saturated heterocycles. The van der Waals surface area contributed by atoms with Crippen molar-refractivity contribution >= 4 is 57.3 Å². The zero-order valence-electron chi connectivity index (χ0n) is 35.7. The summed E-state index contributed by atoms with van der Waals surface area (Å²) >= 11 is 0. The maximum absolute atomic E-state index is 13.6. The quantitative estimate of drug-likeness (QED) is 0.145. The smallest absolute Gasteiger partial charge is 0.285 e. The average Bonchev–Trinajstić information content (AvgIpc) is 3.92. The second-order valence-electron chi connectivity index (χ2n) is 17.3. The van der Waals surface area contributed by atoms with E-state index in [4.69, 9.17) is 9.84 Å². The van der Waals surface area contributed by atoms with Crippen LogP contribution >= 0.6 is 0 Å². The predicted octanol–water partition coefficient (Wildman–Crippen LogP) is 4.40. The molecular formula is C46H53N11O6. The molecule has 0 unspecified atom stereocenters. The van der Waals surface area contributed by atoms with Crippen LogP contribution in [0.1, 0.15) is 90.2 Å². The number of amides is 2. The van der Waals surface area contributed by atoms with E-state index >= 15 is 0 Å². The maximum atomic E-state index is 13.6. The number of nitrogens with one attached hydrogen (secondary N) is 4. The number of benzene rings is 2. The first-order valence-electron chi connectivity index (χ1n) is 22.1. The number of carbonyl (C=O) groups excluding carboxylic acids is 4. The van der Waals surface area contributed by atoms with Crippen molar-refractivity contribution in [1.29, 1.82) is 0 Å². The first kappa shape index (κ1) is 41.7. The van der Waals surface area contributed by atoms with Gasteiger partial charge in [-0.15, -0.1) is 0 Å². The molecule has 0 radical (unpaired) electrons. The highest BCUT2D eigenvalue weighted by molar-refractivity contribution is 6.07. The van der Waals surface area contributed by atoms with Crippen molar-refractivity contribution in [2.24, 2.45) is 5.92 Å². The van der Waals surface area contributed by atoms with Gasteiger partial charge >= 0.3 is 0 Å². The van der Waals surface area contributed by atoms with Gasteiger partial charge in [-0.2, -0.15) is 5.10 Å². The van der Waals surface area contributed by atoms with Crippen LogP contribution in [0.4, 0.5) is 17.1 Å². The van der Waals surface area contributed by atoms with Gasteiger partial charge in [0.2, 0.25) is 0 Å². The predicted molar refractivity (Wildman–Crippen MR) is 239 cm³/mol. The van der Waals surface area contributed by atoms with Gasteiger partial charge in [0.25, 0.3) is 17.4 Å². The summed E-state index contributed by atoms with van der Waals surface area (Å²) in [7, 11) is 1.54. The van der Waals surface area contributed by atoms with E-state index in [1.165, 1.54) is 17.1 Å². The number of aromatic nitrogens is 5. The van der Waals surface area contributed by atoms with Crippen LogP contribution in [0, 0.1) is 12.8 Å². The Morgan fingerprint density at radius 2 is 1.68 bits per heavy atom. The number of ether oxygens (including phenoxy) is 1. The number of piperidine rings is 4. The third kappa shape index (κ3) is 8.72. The molecular weight excluding hydrogens is 803 g/mol. The summed E-state index contributed by atoms with van der Waals surface area (Å²) in [4.78, 5) is 74.2. The Balaban J connectivity index is 0.802. The number of hydrogen-bond acceptors (Lipinski definition) is 12. The van der Waals surface area contributed by atoms with Crippen LogP contribution in [0.25, 0.3) is 16.6 Å². The standard InChI is InChI=1S/C46H53N11O6/c1-29-20-43-47-24-36(46(62)57(43)51-29)45(61)50-39-21-31-26-56(52-38(31)23-41(39)55-14-4-3-5-15-55)33-12-16-53(17-13-33)25-30-10-18-54(19-11-30)34-7-8-35(42(22-34)63-2)44(60)49-37-9-6-32(27-58)48-40(37)28-59/h7-8,20-24,26,30,33,37,48,51H,3-6,9-19,25H2,1-2H3,(H,49,60)(H,50,61)/t37-/m0/s1. The van der Waals surface area contributed by atoms with E-state index in [1.807, 2.05) is 25.1 Å². The van der Waals surface area contributed by atoms with Crippen LogP contribution in [0.15, 0.2) is 65.0 Å². The molecule has 2 aromatic carbocycles. The number of rotatable bonds is 10. The van der Waals surface area contributed by atoms with Gasteiger partial charge in [0.15, 0.2) is 5.65 Å². The molecule has 0 aliphatic carbocycles. The average molecular weight is 856 g/mol. The fourth-order valence-electron chi connectivity index (χ4n) is 9.66. The van der Waals surface area contributed by atoms with E-state index in [-0.39, 0.29) is 28.9 Å². The van der Waals surface area contributed by atoms with Crippen LogP contribution in [0.2, 0.25) is 0 Å². The third-order valence-corrected chi connectivity index (χ3v) is 13.2. The van der Waals surface area contributed by atoms with Crippen molar-refractivity contribution in [1.82, 2.24) is 39.9 Å². The molecule has 17 heteroatoms. The van der Waals surface area contributed by atoms with E-state index in [2.05, 4.69) is 57.7 Å². The number of allylic oxidation sites excluding steroid dienone is 1. The molecule has 4 fully saturated rings. The first-order chi connectivity index (χ1) is 30.7. The number of methoxy groups -OCH3 is 1. The molecule has 63 heavy (non-hydrogen) atoms. The minimum absolute atomic E-state index is 0.0280. The molecule has 328 valence electrons. The Hall–Kier alpha value is -6.67. The lowest BCUT2D eigenvalue weighted by atomic mass is 9.94. The highest BCUT2D eigenvalue weighted by Gasteiger charge is 2.29. The Morgan fingerprint density at radius 3 is 2.43 bits per heavy atom. The molecule has 4 N–H and O–H groups in total. The Bertz CT molecular complexity index is 2700. The molecule has 17 nitrogen and oxygen atoms in total. The summed E-state index contributed by atoms with van der Waals surface area (Å²) in [5.74, 6) is 3.75. The first-order valence-corrected chi connectivity index (χ1v) is 22.1. The summed E-state index contributed by atoms with van der Waals surface area (Å²) in [6.45, 7) is 8.47. The van der Waals surface area contributed by atoms with Gasteiger partial charge in [-0.1, -0.05) is 0 Å². The van der Waals surface area contributed by atoms with E-state index in [9.17, 15) is 24.0 Å². The van der Waals surface area contributed by atoms with Crippen molar-refractivity contribution < 1.29 is 23.9 Å². The van der Waals surface area contributed by atoms with Gasteiger partial charge in [0.05, 0.1) is 41.6 Å². The van der Waals surface area contributed by atoms with Crippen LogP contribution in [0.3, 0.4) is 0 Å². The van der Waals surface area contributed by atoms with E-state index < -0.39 is 17.5 Å². The summed E-state index contributed by atoms with van der Waals surface area (Å²) < 4.78 is 9.06. The summed E-state index contributed by atoms with van der Waals surface area (Å²) in [6.07, 6.45) is 11.6. The molecule has 0 bridgehead atoms. The van der Waals surface area contributed by atoms with Gasteiger partial charge in [-0.3, -0.25) is 24.2 Å². The maximum Gasteiger partial charge on any atom is 0.285 e. The van der Waals surface area contributed by atoms with Gasteiger partial charge < -0.3 is 35.4 Å². The second-order valence-corrected chi connectivity index (χ2v) is 17.3. The number of fused-ring (bicyclic) bond motifs is 2. The molecule has 5 aromatic rings. The van der Waals surface area contributed by atoms with Crippen LogP contribution in [-0.2, 0) is 9.59 Å². The minimum Gasteiger partial charge on any atom is -0.496 e. The summed E-state index contributed by atoms with van der Waals surface area (Å²) in [5.41, 5.74) is 5.00. The fraction of sp³-hybridized carbons (Fsp3) is 0.457. The molecule has 4 aliphatic heterocycles. The molecule has 7 heterocycles. The van der Waals surface area contributed by atoms with Gasteiger partial charge in [-0.25, -0.2) is 19.1 Å². The zero-order valence-corrected chi connectivity index (χ0v) is 35.7. The number of carbonyl (C=O) groups is 2. The fourth-order valence-corrected chi connectivity index (χ4v) is 9.66. The minimum atomic E-state index is -0.586. The molecule has 1 atom stereocenters. The van der Waals surface area contributed by atoms with Gasteiger partial charge in [0, 0.05) is 93.5 Å². The molecule has 3 aromatic heterocycles. The van der Waals surface area contributed by atoms with Crippen molar-refractivity contribution in [2.75, 3.05) is 68.0 Å². The highest BCUT2D eigenvalue weighted by atomic mass is 16.5. The lowest BCUT2D eigenvalue weighted by Gasteiger charge is -2.38. The zero-order chi connectivity index (χ0) is 43.6. The number of likely N-dealkylation sites (tertiary alicyclic amines) is 1. The normalized spacial score (nSPS) is 19.2. The third-order valence-electron chi connectivity index (χ3n) is 13.2. The summed E-state index contributed by atoms with van der Waals surface area (Å²) in [5, 5.41) is 17.7. The van der Waals surface area contributed by atoms with E-state index in [1.54, 1.807) is 31.1 Å². The lowest BCUT2D eigenvalue weighted by molar-refractivity contribution is 0.0935. The molecule has 0 saturated carbocycles. The van der Waals surface area contributed by atoms with Crippen LogP contribution < -0.4 is 36.0 Å². The van der Waals surface area contributed by atoms with E-state index in [0.717, 1.165) is 112 Å². The lowest BCUT2D eigenvalue weighted by Crippen LogP contribution is -2.43. The topological polar surface area (TPSA) is 191 Å². The molecule has 2 amide bonds. The second kappa shape index (κ2) is 18.0. The number of H-pyrrole nitrogens is 1. The number of aromatic amines is 1. The van der Waals surface area contributed by atoms with Crippen LogP contribution in [-0.4, -0.2) is 112 Å². The van der Waals surface area contributed by atoms with Crippen molar-refractivity contribution in [2.45, 2.75) is 76.8 Å². The number of aryl methyl sites for hydroxylation is 1. The largest absolute Gasteiger partial charge is 0.496 e. The number of nitrogens with zero attached hydrogens (tertiary/aromatic N) is 7. The Kier molecular flexibility index (Phi) is 11.9. The number of anilines is 3. The van der Waals surface area contributed by atoms with Gasteiger partial charge in [0.1, 0.15) is 34.6 Å². The van der Waals surface area contributed by atoms with Crippen molar-refractivity contribution in [3.63, 3.8) is 0 Å². The van der Waals surface area contributed by atoms with Gasteiger partial charge in [-0.05, 0) is 88.5 Å². The molecule has 4 aliphatic rings. The monoisotopic (exact) mass is 855 g/mol.